The van der Waals surface area contributed by atoms with Gasteiger partial charge in [-0.05, 0) is 75.7 Å². The predicted molar refractivity (Wildman–Crippen MR) is 182 cm³/mol. The van der Waals surface area contributed by atoms with Crippen molar-refractivity contribution in [3.8, 4) is 0 Å². The zero-order chi connectivity index (χ0) is 35.3. The zero-order valence-electron chi connectivity index (χ0n) is 28.9. The van der Waals surface area contributed by atoms with Crippen LogP contribution in [0.5, 0.6) is 0 Å². The number of Topliss-reactive ketones (excluding diaryl/α,β-unsaturated/α-hetero) is 1. The Labute approximate surface area is 283 Å². The van der Waals surface area contributed by atoms with Gasteiger partial charge in [0.15, 0.2) is 5.41 Å². The second kappa shape index (κ2) is 12.7. The molecule has 5 rings (SSSR count). The third-order valence-electron chi connectivity index (χ3n) is 10.2. The smallest absolute Gasteiger partial charge is 0.323 e. The highest BCUT2D eigenvalue weighted by atomic mass is 32.2. The van der Waals surface area contributed by atoms with Crippen LogP contribution >= 0.6 is 0 Å². The number of rotatable bonds is 9. The van der Waals surface area contributed by atoms with E-state index in [-0.39, 0.29) is 47.3 Å². The summed E-state index contributed by atoms with van der Waals surface area (Å²) < 4.78 is 44.3. The molecule has 0 N–H and O–H groups in total. The first kappa shape index (κ1) is 35.7. The molecule has 1 aliphatic carbocycles. The quantitative estimate of drug-likeness (QED) is 0.171. The van der Waals surface area contributed by atoms with E-state index in [2.05, 4.69) is 4.36 Å². The normalized spacial score (nSPS) is 25.7. The molecule has 1 saturated heterocycles. The number of fused-ring (bicyclic) bond motifs is 1. The van der Waals surface area contributed by atoms with Gasteiger partial charge in [-0.15, -0.1) is 0 Å². The molecule has 2 bridgehead atoms. The maximum absolute atomic E-state index is 15.8. The summed E-state index contributed by atoms with van der Waals surface area (Å²) in [5.41, 5.74) is -2.58. The number of nitrogens with zero attached hydrogens (tertiary/aromatic N) is 1. The van der Waals surface area contributed by atoms with Crippen molar-refractivity contribution >= 4 is 41.7 Å². The van der Waals surface area contributed by atoms with Gasteiger partial charge in [-0.1, -0.05) is 56.7 Å². The summed E-state index contributed by atoms with van der Waals surface area (Å²) >= 11 is 0. The van der Waals surface area contributed by atoms with Crippen LogP contribution in [0.15, 0.2) is 75.7 Å². The van der Waals surface area contributed by atoms with Crippen molar-refractivity contribution in [1.82, 2.24) is 0 Å². The Kier molecular flexibility index (Phi) is 9.43. The van der Waals surface area contributed by atoms with Crippen molar-refractivity contribution in [3.05, 3.63) is 77.6 Å². The third kappa shape index (κ3) is 5.85. The van der Waals surface area contributed by atoms with Crippen molar-refractivity contribution in [2.45, 2.75) is 94.4 Å². The average Bonchev–Trinajstić information content (AvgIpc) is 3.49. The van der Waals surface area contributed by atoms with E-state index in [9.17, 15) is 19.2 Å². The maximum Gasteiger partial charge on any atom is 0.323 e. The van der Waals surface area contributed by atoms with Crippen LogP contribution in [-0.4, -0.2) is 66.3 Å². The Balaban J connectivity index is 1.78. The predicted octanol–water partition coefficient (Wildman–Crippen LogP) is 6.18. The summed E-state index contributed by atoms with van der Waals surface area (Å²) in [6.07, 6.45) is -0.0703. The molecular formula is C36H45NO9SSi. The zero-order valence-corrected chi connectivity index (χ0v) is 30.7. The second-order valence-electron chi connectivity index (χ2n) is 14.3. The first-order valence-electron chi connectivity index (χ1n) is 16.4. The molecule has 2 fully saturated rings. The molecule has 258 valence electrons. The fourth-order valence-electron chi connectivity index (χ4n) is 6.71. The molecule has 0 radical (unpaired) electrons. The van der Waals surface area contributed by atoms with E-state index in [1.165, 1.54) is 0 Å². The van der Waals surface area contributed by atoms with Gasteiger partial charge in [0.2, 0.25) is 5.78 Å². The van der Waals surface area contributed by atoms with Gasteiger partial charge in [0.05, 0.1) is 34.3 Å². The highest BCUT2D eigenvalue weighted by Gasteiger charge is 2.75. The number of hydrogen-bond donors (Lipinski definition) is 0. The summed E-state index contributed by atoms with van der Waals surface area (Å²) in [7, 11) is -6.37. The number of carbonyl (C=O) groups excluding carboxylic acids is 4. The van der Waals surface area contributed by atoms with Crippen molar-refractivity contribution in [1.29, 1.82) is 0 Å². The standard InChI is InChI=1S/C36H45NO9SSi/c1-9-43-32(40)35(33(41)44-10-2)21-26-29(27-20-28(30(38)36(26,22-35)45-27)46-48(7,8)34(4,5)6)47(42,25-18-16-23(3)17-19-25)37-31(39)24-14-12-11-13-15-24/h11-20,26-27,29H,9-10,21-22H2,1-8H3/t26-,27-,29-,36-,47?/m0/s1. The van der Waals surface area contributed by atoms with Gasteiger partial charge in [-0.3, -0.25) is 19.2 Å². The van der Waals surface area contributed by atoms with Crippen LogP contribution in [0.2, 0.25) is 18.1 Å². The molecule has 2 heterocycles. The first-order valence-corrected chi connectivity index (χ1v) is 20.8. The Bertz CT molecular complexity index is 1750. The maximum atomic E-state index is 15.8. The van der Waals surface area contributed by atoms with Crippen LogP contribution in [0.3, 0.4) is 0 Å². The average molecular weight is 696 g/mol. The lowest BCUT2D eigenvalue weighted by Gasteiger charge is -2.40. The van der Waals surface area contributed by atoms with Crippen molar-refractivity contribution in [3.63, 3.8) is 0 Å². The van der Waals surface area contributed by atoms with Crippen molar-refractivity contribution in [2.75, 3.05) is 13.2 Å². The molecule has 1 amide bonds. The summed E-state index contributed by atoms with van der Waals surface area (Å²) in [6, 6.07) is 15.2. The minimum Gasteiger partial charge on any atom is -0.541 e. The van der Waals surface area contributed by atoms with Crippen molar-refractivity contribution in [2.24, 2.45) is 15.7 Å². The van der Waals surface area contributed by atoms with Gasteiger partial charge in [0, 0.05) is 22.8 Å². The minimum atomic E-state index is -3.76. The Morgan fingerprint density at radius 1 is 0.979 bits per heavy atom. The third-order valence-corrected chi connectivity index (χ3v) is 17.3. The molecule has 48 heavy (non-hydrogen) atoms. The topological polar surface area (TPSA) is 135 Å². The van der Waals surface area contributed by atoms with E-state index >= 15 is 4.21 Å². The van der Waals surface area contributed by atoms with Gasteiger partial charge in [-0.25, -0.2) is 4.21 Å². The number of benzene rings is 2. The molecule has 2 aromatic rings. The lowest BCUT2D eigenvalue weighted by atomic mass is 9.82. The summed E-state index contributed by atoms with van der Waals surface area (Å²) in [6.45, 7) is 15.2. The number of amides is 1. The fraction of sp³-hybridized carbons (Fsp3) is 0.500. The molecule has 12 heteroatoms. The lowest BCUT2D eigenvalue weighted by Crippen LogP contribution is -2.50. The summed E-state index contributed by atoms with van der Waals surface area (Å²) in [4.78, 5) is 56.3. The number of aryl methyl sites for hydroxylation is 1. The second-order valence-corrected chi connectivity index (χ2v) is 21.4. The Morgan fingerprint density at radius 3 is 2.10 bits per heavy atom. The highest BCUT2D eigenvalue weighted by Crippen LogP contribution is 2.62. The van der Waals surface area contributed by atoms with Crippen LogP contribution in [0, 0.1) is 18.3 Å². The molecule has 1 unspecified atom stereocenters. The van der Waals surface area contributed by atoms with Crippen molar-refractivity contribution < 1.29 is 42.0 Å². The van der Waals surface area contributed by atoms with Crippen LogP contribution in [0.4, 0.5) is 0 Å². The monoisotopic (exact) mass is 695 g/mol. The SMILES string of the molecule is CCOC(=O)C1(C(=O)OCC)C[C@H]2[C@H](S(=O)(=NC(=O)c3ccccc3)c3ccc(C)cc3)[C@@H]3C=C(O[Si](C)(C)C(C)(C)C)C(=O)[C@@]2(C1)O3. The minimum absolute atomic E-state index is 0.0147. The number of hydrogen-bond acceptors (Lipinski definition) is 9. The number of carbonyl (C=O) groups is 4. The van der Waals surface area contributed by atoms with E-state index in [1.807, 2.05) is 40.8 Å². The van der Waals surface area contributed by atoms with Gasteiger partial charge in [-0.2, -0.15) is 4.36 Å². The molecule has 0 aromatic heterocycles. The molecular weight excluding hydrogens is 651 g/mol. The van der Waals surface area contributed by atoms with Gasteiger partial charge in [0.25, 0.3) is 14.2 Å². The van der Waals surface area contributed by atoms with E-state index in [0.717, 1.165) is 5.56 Å². The largest absolute Gasteiger partial charge is 0.541 e. The molecule has 3 aliphatic rings. The molecule has 1 saturated carbocycles. The van der Waals surface area contributed by atoms with E-state index < -0.39 is 70.0 Å². The molecule has 10 nitrogen and oxygen atoms in total. The fourth-order valence-corrected chi connectivity index (χ4v) is 10.4. The Hall–Kier alpha value is -3.61. The van der Waals surface area contributed by atoms with E-state index in [1.54, 1.807) is 74.5 Å². The van der Waals surface area contributed by atoms with Crippen LogP contribution in [-0.2, 0) is 42.7 Å². The van der Waals surface area contributed by atoms with Gasteiger partial charge in [0.1, 0.15) is 11.4 Å². The van der Waals surface area contributed by atoms with Gasteiger partial charge >= 0.3 is 11.9 Å². The molecule has 2 aliphatic heterocycles. The number of ketones is 1. The van der Waals surface area contributed by atoms with Crippen LogP contribution in [0.25, 0.3) is 0 Å². The summed E-state index contributed by atoms with van der Waals surface area (Å²) in [5.74, 6) is -3.88. The van der Waals surface area contributed by atoms with Gasteiger partial charge < -0.3 is 18.6 Å². The lowest BCUT2D eigenvalue weighted by molar-refractivity contribution is -0.174. The van der Waals surface area contributed by atoms with E-state index in [4.69, 9.17) is 18.6 Å². The number of esters is 2. The van der Waals surface area contributed by atoms with Crippen LogP contribution < -0.4 is 0 Å². The Morgan fingerprint density at radius 2 is 1.56 bits per heavy atom. The molecule has 1 spiro atoms. The summed E-state index contributed by atoms with van der Waals surface area (Å²) in [5, 5.41) is -1.40. The molecule has 2 aromatic carbocycles. The first-order chi connectivity index (χ1) is 22.5. The van der Waals surface area contributed by atoms with Crippen LogP contribution in [0.1, 0.15) is 63.4 Å². The van der Waals surface area contributed by atoms with E-state index in [0.29, 0.717) is 0 Å². The molecule has 5 atom stereocenters. The number of ether oxygens (including phenoxy) is 3. The highest BCUT2D eigenvalue weighted by molar-refractivity contribution is 7.94.